The second-order valence-electron chi connectivity index (χ2n) is 6.32. The monoisotopic (exact) mass is 341 g/mol. The minimum absolute atomic E-state index is 0.0307. The lowest BCUT2D eigenvalue weighted by Crippen LogP contribution is -2.33. The SMILES string of the molecule is CCCCCCCOC(=O)CN(C)C(=O)c1cccc2ccccc12. The summed E-state index contributed by atoms with van der Waals surface area (Å²) in [4.78, 5) is 26.0. The van der Waals surface area contributed by atoms with Crippen LogP contribution in [-0.2, 0) is 9.53 Å². The van der Waals surface area contributed by atoms with E-state index in [4.69, 9.17) is 4.74 Å². The van der Waals surface area contributed by atoms with Gasteiger partial charge in [-0.05, 0) is 23.3 Å². The van der Waals surface area contributed by atoms with Gasteiger partial charge in [0.2, 0.25) is 0 Å². The number of unbranched alkanes of at least 4 members (excludes halogenated alkanes) is 4. The molecule has 0 bridgehead atoms. The highest BCUT2D eigenvalue weighted by atomic mass is 16.5. The zero-order valence-corrected chi connectivity index (χ0v) is 15.2. The fourth-order valence-electron chi connectivity index (χ4n) is 2.82. The molecule has 0 heterocycles. The molecule has 2 rings (SSSR count). The highest BCUT2D eigenvalue weighted by Gasteiger charge is 2.17. The van der Waals surface area contributed by atoms with Crippen LogP contribution >= 0.6 is 0 Å². The van der Waals surface area contributed by atoms with Crippen LogP contribution in [0, 0.1) is 0 Å². The van der Waals surface area contributed by atoms with Gasteiger partial charge in [-0.15, -0.1) is 0 Å². The Bertz CT molecular complexity index is 706. The van der Waals surface area contributed by atoms with Crippen LogP contribution in [-0.4, -0.2) is 37.0 Å². The van der Waals surface area contributed by atoms with Crippen molar-refractivity contribution in [2.75, 3.05) is 20.2 Å². The standard InChI is InChI=1S/C21H27NO3/c1-3-4-5-6-9-15-25-20(23)16-22(2)21(24)19-14-10-12-17-11-7-8-13-18(17)19/h7-8,10-14H,3-6,9,15-16H2,1-2H3. The van der Waals surface area contributed by atoms with Gasteiger partial charge in [0, 0.05) is 12.6 Å². The topological polar surface area (TPSA) is 46.6 Å². The molecule has 0 saturated heterocycles. The fraction of sp³-hybridized carbons (Fsp3) is 0.429. The van der Waals surface area contributed by atoms with Crippen LogP contribution < -0.4 is 0 Å². The summed E-state index contributed by atoms with van der Waals surface area (Å²) in [6, 6.07) is 13.4. The minimum Gasteiger partial charge on any atom is -0.464 e. The molecule has 0 N–H and O–H groups in total. The number of carbonyl (C=O) groups is 2. The molecule has 4 heteroatoms. The number of rotatable bonds is 9. The molecule has 2 aromatic rings. The van der Waals surface area contributed by atoms with Crippen LogP contribution in [0.5, 0.6) is 0 Å². The summed E-state index contributed by atoms with van der Waals surface area (Å²) in [5.74, 6) is -0.525. The van der Waals surface area contributed by atoms with E-state index in [1.54, 1.807) is 13.1 Å². The Morgan fingerprint density at radius 2 is 1.68 bits per heavy atom. The zero-order chi connectivity index (χ0) is 18.1. The van der Waals surface area contributed by atoms with Gasteiger partial charge in [-0.1, -0.05) is 69.0 Å². The molecule has 4 nitrogen and oxygen atoms in total. The Labute approximate surface area is 149 Å². The van der Waals surface area contributed by atoms with E-state index in [1.165, 1.54) is 24.2 Å². The second kappa shape index (κ2) is 9.82. The van der Waals surface area contributed by atoms with Crippen molar-refractivity contribution < 1.29 is 14.3 Å². The Morgan fingerprint density at radius 1 is 0.960 bits per heavy atom. The predicted molar refractivity (Wildman–Crippen MR) is 101 cm³/mol. The summed E-state index contributed by atoms with van der Waals surface area (Å²) >= 11 is 0. The molecule has 0 aliphatic heterocycles. The minimum atomic E-state index is -0.355. The summed E-state index contributed by atoms with van der Waals surface area (Å²) in [6.45, 7) is 2.57. The van der Waals surface area contributed by atoms with Crippen molar-refractivity contribution in [3.63, 3.8) is 0 Å². The van der Waals surface area contributed by atoms with Crippen molar-refractivity contribution in [3.8, 4) is 0 Å². The number of benzene rings is 2. The highest BCUT2D eigenvalue weighted by Crippen LogP contribution is 2.19. The average Bonchev–Trinajstić information content (AvgIpc) is 2.63. The van der Waals surface area contributed by atoms with E-state index in [0.717, 1.165) is 23.6 Å². The fourth-order valence-corrected chi connectivity index (χ4v) is 2.82. The first-order valence-electron chi connectivity index (χ1n) is 9.02. The van der Waals surface area contributed by atoms with E-state index in [9.17, 15) is 9.59 Å². The maximum Gasteiger partial charge on any atom is 0.325 e. The Hall–Kier alpha value is -2.36. The van der Waals surface area contributed by atoms with Gasteiger partial charge in [0.1, 0.15) is 6.54 Å². The van der Waals surface area contributed by atoms with Crippen molar-refractivity contribution in [1.82, 2.24) is 4.90 Å². The lowest BCUT2D eigenvalue weighted by molar-refractivity contribution is -0.144. The van der Waals surface area contributed by atoms with E-state index in [1.807, 2.05) is 36.4 Å². The molecule has 25 heavy (non-hydrogen) atoms. The number of carbonyl (C=O) groups excluding carboxylic acids is 2. The maximum atomic E-state index is 12.7. The van der Waals surface area contributed by atoms with Crippen LogP contribution in [0.1, 0.15) is 49.4 Å². The Kier molecular flexibility index (Phi) is 7.45. The Morgan fingerprint density at radius 3 is 2.48 bits per heavy atom. The third-order valence-corrected chi connectivity index (χ3v) is 4.24. The van der Waals surface area contributed by atoms with Gasteiger partial charge in [-0.25, -0.2) is 0 Å². The van der Waals surface area contributed by atoms with E-state index >= 15 is 0 Å². The van der Waals surface area contributed by atoms with Gasteiger partial charge in [-0.3, -0.25) is 9.59 Å². The number of fused-ring (bicyclic) bond motifs is 1. The second-order valence-corrected chi connectivity index (χ2v) is 6.32. The van der Waals surface area contributed by atoms with Crippen molar-refractivity contribution in [1.29, 1.82) is 0 Å². The first-order chi connectivity index (χ1) is 12.1. The van der Waals surface area contributed by atoms with Gasteiger partial charge in [0.25, 0.3) is 5.91 Å². The van der Waals surface area contributed by atoms with Gasteiger partial charge < -0.3 is 9.64 Å². The molecule has 0 aliphatic carbocycles. The van der Waals surface area contributed by atoms with Crippen LogP contribution in [0.2, 0.25) is 0 Å². The smallest absolute Gasteiger partial charge is 0.325 e. The van der Waals surface area contributed by atoms with E-state index in [0.29, 0.717) is 12.2 Å². The van der Waals surface area contributed by atoms with E-state index in [-0.39, 0.29) is 18.4 Å². The van der Waals surface area contributed by atoms with Gasteiger partial charge in [0.05, 0.1) is 6.61 Å². The summed E-state index contributed by atoms with van der Waals surface area (Å²) in [7, 11) is 1.63. The normalized spacial score (nSPS) is 10.6. The first-order valence-corrected chi connectivity index (χ1v) is 9.02. The molecule has 134 valence electrons. The quantitative estimate of drug-likeness (QED) is 0.501. The number of hydrogen-bond acceptors (Lipinski definition) is 3. The molecular formula is C21H27NO3. The molecule has 0 unspecified atom stereocenters. The van der Waals surface area contributed by atoms with Crippen LogP contribution in [0.15, 0.2) is 42.5 Å². The predicted octanol–water partition coefficient (Wildman–Crippen LogP) is 4.43. The van der Waals surface area contributed by atoms with Crippen molar-refractivity contribution >= 4 is 22.6 Å². The van der Waals surface area contributed by atoms with Crippen molar-refractivity contribution in [2.24, 2.45) is 0 Å². The van der Waals surface area contributed by atoms with Crippen LogP contribution in [0.3, 0.4) is 0 Å². The number of esters is 1. The van der Waals surface area contributed by atoms with E-state index < -0.39 is 0 Å². The third kappa shape index (κ3) is 5.59. The molecular weight excluding hydrogens is 314 g/mol. The number of ether oxygens (including phenoxy) is 1. The summed E-state index contributed by atoms with van der Waals surface area (Å²) < 4.78 is 5.23. The molecule has 0 aliphatic rings. The van der Waals surface area contributed by atoms with Crippen LogP contribution in [0.25, 0.3) is 10.8 Å². The van der Waals surface area contributed by atoms with Crippen molar-refractivity contribution in [2.45, 2.75) is 39.0 Å². The summed E-state index contributed by atoms with van der Waals surface area (Å²) in [6.07, 6.45) is 5.54. The number of hydrogen-bond donors (Lipinski definition) is 0. The lowest BCUT2D eigenvalue weighted by atomic mass is 10.0. The lowest BCUT2D eigenvalue weighted by Gasteiger charge is -2.17. The molecule has 2 aromatic carbocycles. The largest absolute Gasteiger partial charge is 0.464 e. The highest BCUT2D eigenvalue weighted by molar-refractivity contribution is 6.07. The molecule has 1 amide bonds. The summed E-state index contributed by atoms with van der Waals surface area (Å²) in [5, 5.41) is 1.91. The number of likely N-dealkylation sites (N-methyl/N-ethyl adjacent to an activating group) is 1. The summed E-state index contributed by atoms with van der Waals surface area (Å²) in [5.41, 5.74) is 0.605. The first kappa shape index (κ1) is 19.0. The zero-order valence-electron chi connectivity index (χ0n) is 15.2. The molecule has 0 saturated carbocycles. The average molecular weight is 341 g/mol. The molecule has 0 radical (unpaired) electrons. The van der Waals surface area contributed by atoms with Gasteiger partial charge in [-0.2, -0.15) is 0 Å². The maximum absolute atomic E-state index is 12.7. The molecule has 0 aromatic heterocycles. The molecule has 0 spiro atoms. The Balaban J connectivity index is 1.86. The number of amides is 1. The van der Waals surface area contributed by atoms with Gasteiger partial charge >= 0.3 is 5.97 Å². The van der Waals surface area contributed by atoms with Crippen LogP contribution in [0.4, 0.5) is 0 Å². The van der Waals surface area contributed by atoms with Gasteiger partial charge in [0.15, 0.2) is 0 Å². The number of nitrogens with zero attached hydrogens (tertiary/aromatic N) is 1. The van der Waals surface area contributed by atoms with E-state index in [2.05, 4.69) is 6.92 Å². The molecule has 0 fully saturated rings. The molecule has 0 atom stereocenters. The third-order valence-electron chi connectivity index (χ3n) is 4.24. The van der Waals surface area contributed by atoms with Crippen molar-refractivity contribution in [3.05, 3.63) is 48.0 Å².